The molecular weight excluding hydrogens is 1450 g/mol. The molecule has 23 nitrogen and oxygen atoms in total. The van der Waals surface area contributed by atoms with E-state index < -0.39 is 23.8 Å². The van der Waals surface area contributed by atoms with E-state index in [1.54, 1.807) is 48.5 Å². The number of carboxylic acid groups (broad SMARTS) is 1. The molecule has 4 heterocycles. The number of aromatic carboxylic acids is 1. The van der Waals surface area contributed by atoms with E-state index in [0.29, 0.717) is 39.3 Å². The van der Waals surface area contributed by atoms with E-state index in [2.05, 4.69) is 62.4 Å². The highest BCUT2D eigenvalue weighted by Gasteiger charge is 2.25. The van der Waals surface area contributed by atoms with Crippen molar-refractivity contribution in [2.75, 3.05) is 49.8 Å². The van der Waals surface area contributed by atoms with Gasteiger partial charge in [0, 0.05) is 37.8 Å². The predicted molar refractivity (Wildman–Crippen MR) is 373 cm³/mol. The van der Waals surface area contributed by atoms with Gasteiger partial charge in [0.2, 0.25) is 17.6 Å². The van der Waals surface area contributed by atoms with Gasteiger partial charge < -0.3 is 73.9 Å². The van der Waals surface area contributed by atoms with Crippen molar-refractivity contribution in [3.05, 3.63) is 271 Å². The molecule has 0 spiro atoms. The summed E-state index contributed by atoms with van der Waals surface area (Å²) in [4.78, 5) is 64.1. The van der Waals surface area contributed by atoms with Crippen molar-refractivity contribution < 1.29 is 89.9 Å². The van der Waals surface area contributed by atoms with Gasteiger partial charge in [-0.15, -0.1) is 0 Å². The predicted octanol–water partition coefficient (Wildman–Crippen LogP) is 13.3. The number of benzene rings is 6. The Morgan fingerprint density at radius 2 is 0.782 bits per heavy atom. The number of carboxylic acids is 1. The minimum atomic E-state index is -1.21. The first-order valence-electron chi connectivity index (χ1n) is 30.0. The molecule has 0 saturated carbocycles. The van der Waals surface area contributed by atoms with Crippen LogP contribution in [-0.4, -0.2) is 104 Å². The van der Waals surface area contributed by atoms with Crippen molar-refractivity contribution in [3.8, 4) is 57.9 Å². The maximum absolute atomic E-state index is 13.1. The van der Waals surface area contributed by atoms with Gasteiger partial charge in [-0.2, -0.15) is 0 Å². The number of aromatic hydroxyl groups is 1. The van der Waals surface area contributed by atoms with Gasteiger partial charge >= 0.3 is 11.9 Å². The highest BCUT2D eigenvalue weighted by molar-refractivity contribution is 9.11. The van der Waals surface area contributed by atoms with Crippen LogP contribution in [0, 0.1) is 17.5 Å². The lowest BCUT2D eigenvalue weighted by atomic mass is 10.2. The maximum atomic E-state index is 13.1. The van der Waals surface area contributed by atoms with Crippen LogP contribution in [0.1, 0.15) is 75.3 Å². The number of esters is 1. The van der Waals surface area contributed by atoms with Crippen molar-refractivity contribution in [2.45, 2.75) is 39.5 Å². The summed E-state index contributed by atoms with van der Waals surface area (Å²) in [5, 5.41) is 24.6. The Hall–Kier alpha value is -11.5. The van der Waals surface area contributed by atoms with Crippen LogP contribution in [0.5, 0.6) is 57.9 Å². The van der Waals surface area contributed by atoms with Gasteiger partial charge in [0.1, 0.15) is 41.9 Å². The van der Waals surface area contributed by atoms with Crippen LogP contribution in [0.3, 0.4) is 0 Å². The second kappa shape index (κ2) is 41.0. The molecule has 528 valence electrons. The van der Waals surface area contributed by atoms with E-state index >= 15 is 0 Å². The Labute approximate surface area is 596 Å². The van der Waals surface area contributed by atoms with Crippen molar-refractivity contribution >= 4 is 55.6 Å². The highest BCUT2D eigenvalue weighted by atomic mass is 79.9. The van der Waals surface area contributed by atoms with Crippen LogP contribution in [0.25, 0.3) is 0 Å². The fraction of sp³-hybridized carbons (Fsp3) is 0.178. The number of carbonyl (C=O) groups is 4. The van der Waals surface area contributed by atoms with Gasteiger partial charge in [-0.1, -0.05) is 127 Å². The largest absolute Gasteiger partial charge is 0.503 e. The molecule has 6 N–H and O–H groups in total. The average Bonchev–Trinajstić information content (AvgIpc) is 0.831. The lowest BCUT2D eigenvalue weighted by molar-refractivity contribution is 0.0586. The van der Waals surface area contributed by atoms with Crippen LogP contribution in [0.4, 0.5) is 13.2 Å². The molecule has 0 radical (unpaired) electrons. The molecule has 0 atom stereocenters. The summed E-state index contributed by atoms with van der Waals surface area (Å²) in [5.41, 5.74) is 10.2. The molecule has 10 rings (SSSR count). The molecule has 0 aliphatic heterocycles. The number of amides is 2. The number of ether oxygens (including phenoxy) is 10. The van der Waals surface area contributed by atoms with Crippen LogP contribution in [0.2, 0.25) is 0 Å². The van der Waals surface area contributed by atoms with E-state index in [-0.39, 0.29) is 113 Å². The zero-order valence-corrected chi connectivity index (χ0v) is 58.7. The van der Waals surface area contributed by atoms with Crippen molar-refractivity contribution in [1.29, 1.82) is 0 Å². The molecule has 10 aromatic rings. The number of nitrogens with zero attached hydrogens (tertiary/aromatic N) is 4. The van der Waals surface area contributed by atoms with Gasteiger partial charge in [-0.3, -0.25) is 9.59 Å². The zero-order chi connectivity index (χ0) is 73.2. The smallest absolute Gasteiger partial charge is 0.360 e. The second-order valence-corrected chi connectivity index (χ2v) is 22.0. The number of methoxy groups -OCH3 is 7. The molecule has 4 aromatic heterocycles. The Morgan fingerprint density at radius 3 is 1.16 bits per heavy atom. The molecule has 101 heavy (non-hydrogen) atoms. The van der Waals surface area contributed by atoms with E-state index in [1.807, 2.05) is 91.0 Å². The average molecular weight is 1520 g/mol. The molecule has 0 aliphatic carbocycles. The summed E-state index contributed by atoms with van der Waals surface area (Å²) in [6.07, 6.45) is 0. The molecule has 0 fully saturated rings. The fourth-order valence-corrected chi connectivity index (χ4v) is 9.60. The number of aromatic nitrogens is 4. The van der Waals surface area contributed by atoms with E-state index in [0.717, 1.165) is 27.8 Å². The SMILES string of the molecule is COC(=O)c1nc(Br)cc(Br)c1OCc1ccccc1.COc1cc(OC)c(O)c(C(=O)NCc2ccc(F)cc2)n1.COc1cc(OC)c(OCc2ccccc2)c(C(=O)NCc2ccc(F)cc2)n1.COc1cc(OC)c(OCc2ccccc2)c(C(=O)O)n1.NCc1ccc(F)cc1. The molecule has 28 heteroatoms. The summed E-state index contributed by atoms with van der Waals surface area (Å²) in [6.45, 7) is 1.64. The number of nitrogens with two attached hydrogens (primary N) is 1. The van der Waals surface area contributed by atoms with Crippen molar-refractivity contribution in [1.82, 2.24) is 30.6 Å². The van der Waals surface area contributed by atoms with E-state index in [4.69, 9.17) is 53.1 Å². The molecule has 0 bridgehead atoms. The Balaban J connectivity index is 0.000000205. The van der Waals surface area contributed by atoms with Crippen LogP contribution in [-0.2, 0) is 44.2 Å². The number of pyridine rings is 4. The monoisotopic (exact) mass is 1520 g/mol. The third-order valence-electron chi connectivity index (χ3n) is 13.5. The molecule has 6 aromatic carbocycles. The first-order chi connectivity index (χ1) is 48.7. The summed E-state index contributed by atoms with van der Waals surface area (Å²) in [7, 11) is 9.80. The van der Waals surface area contributed by atoms with Gasteiger partial charge in [0.15, 0.2) is 63.0 Å². The Morgan fingerprint density at radius 1 is 0.426 bits per heavy atom. The Kier molecular flexibility index (Phi) is 31.9. The van der Waals surface area contributed by atoms with Gasteiger partial charge in [-0.25, -0.2) is 42.7 Å². The molecule has 2 amide bonds. The first-order valence-corrected chi connectivity index (χ1v) is 31.6. The maximum Gasteiger partial charge on any atom is 0.360 e. The van der Waals surface area contributed by atoms with Crippen LogP contribution < -0.4 is 59.0 Å². The quantitative estimate of drug-likeness (QED) is 0.0277. The number of rotatable bonds is 24. The molecule has 0 unspecified atom stereocenters. The van der Waals surface area contributed by atoms with Gasteiger partial charge in [0.25, 0.3) is 11.8 Å². The van der Waals surface area contributed by atoms with E-state index in [9.17, 15) is 42.6 Å². The van der Waals surface area contributed by atoms with Gasteiger partial charge in [0.05, 0.1) is 54.2 Å². The first kappa shape index (κ1) is 78.5. The number of carbonyl (C=O) groups excluding carboxylic acids is 3. The number of hydrogen-bond acceptors (Lipinski definition) is 20. The number of halogens is 5. The van der Waals surface area contributed by atoms with Crippen molar-refractivity contribution in [2.24, 2.45) is 5.73 Å². The normalized spacial score (nSPS) is 10.1. The lowest BCUT2D eigenvalue weighted by Crippen LogP contribution is -2.25. The summed E-state index contributed by atoms with van der Waals surface area (Å²) >= 11 is 6.60. The second-order valence-electron chi connectivity index (χ2n) is 20.3. The fourth-order valence-electron chi connectivity index (χ4n) is 8.37. The minimum Gasteiger partial charge on any atom is -0.503 e. The van der Waals surface area contributed by atoms with Crippen LogP contribution >= 0.6 is 31.9 Å². The molecular formula is C73H70Br2F3N7O16. The number of nitrogens with one attached hydrogen (secondary N) is 2. The number of hydrogen-bond donors (Lipinski definition) is 5. The zero-order valence-electron chi connectivity index (χ0n) is 55.5. The third-order valence-corrected chi connectivity index (χ3v) is 14.5. The summed E-state index contributed by atoms with van der Waals surface area (Å²) in [6, 6.07) is 52.4. The lowest BCUT2D eigenvalue weighted by Gasteiger charge is -2.16. The minimum absolute atomic E-state index is 0.0410. The summed E-state index contributed by atoms with van der Waals surface area (Å²) < 4.78 is 91.7. The third kappa shape index (κ3) is 24.8. The highest BCUT2D eigenvalue weighted by Crippen LogP contribution is 2.37. The molecule has 0 saturated heterocycles. The van der Waals surface area contributed by atoms with Gasteiger partial charge in [-0.05, 0) is 108 Å². The summed E-state index contributed by atoms with van der Waals surface area (Å²) in [5.74, 6) is -2.26. The molecule has 0 aliphatic rings. The topological polar surface area (TPSA) is 303 Å². The van der Waals surface area contributed by atoms with Crippen LogP contribution in [0.15, 0.2) is 197 Å². The standard InChI is InChI=1S/C22H21FN2O4.C15H15FN2O4.C15H15NO5.C14H11Br2NO3.C7H8FN/c1-27-18-12-19(28-2)25-20(21(18)29-14-16-6-4-3-5-7-16)22(26)24-13-15-8-10-17(23)11-9-15;1-21-11-7-12(22-2)18-13(14(11)19)15(20)17-8-9-3-5-10(16)6-4-9;1-19-11-8-12(20-2)16-13(15(17)18)14(11)21-9-10-6-4-3-5-7-10;1-19-14(18)12-13(10(15)7-11(16)17-12)20-8-9-5-3-2-4-6-9;8-7-3-1-6(5-9)2-4-7/h3-12H,13-14H2,1-2H3,(H,24,26);3-7,19H,8H2,1-2H3,(H,17,20);3-8H,9H2,1-2H3,(H,17,18);2-7H,8H2,1H3;1-4H,5,9H2. The Bertz CT molecular complexity index is 4300. The van der Waals surface area contributed by atoms with E-state index in [1.165, 1.54) is 98.3 Å². The van der Waals surface area contributed by atoms with Crippen molar-refractivity contribution in [3.63, 3.8) is 0 Å².